The van der Waals surface area contributed by atoms with Gasteiger partial charge in [0.05, 0.1) is 0 Å². The number of phenolic OH excluding ortho intramolecular Hbond substituents is 1. The van der Waals surface area contributed by atoms with Gasteiger partial charge in [-0.3, -0.25) is 4.79 Å². The Morgan fingerprint density at radius 1 is 1.17 bits per heavy atom. The lowest BCUT2D eigenvalue weighted by molar-refractivity contribution is 0.102. The normalized spacial score (nSPS) is 10.1. The van der Waals surface area contributed by atoms with Crippen LogP contribution in [-0.4, -0.2) is 11.0 Å². The van der Waals surface area contributed by atoms with E-state index in [0.29, 0.717) is 17.1 Å². The summed E-state index contributed by atoms with van der Waals surface area (Å²) in [5, 5.41) is 12.1. The second-order valence-corrected chi connectivity index (χ2v) is 4.11. The molecule has 0 fully saturated rings. The van der Waals surface area contributed by atoms with Crippen LogP contribution in [0.5, 0.6) is 5.75 Å². The molecule has 0 aromatic heterocycles. The molecule has 1 amide bonds. The third-order valence-electron chi connectivity index (χ3n) is 2.45. The van der Waals surface area contributed by atoms with Crippen LogP contribution in [0.2, 0.25) is 0 Å². The first kappa shape index (κ1) is 12.5. The van der Waals surface area contributed by atoms with Crippen molar-refractivity contribution in [1.82, 2.24) is 0 Å². The van der Waals surface area contributed by atoms with Gasteiger partial charge in [-0.25, -0.2) is 0 Å². The lowest BCUT2D eigenvalue weighted by Gasteiger charge is -2.06. The molecular weight excluding hydrogens is 250 g/mol. The fourth-order valence-electron chi connectivity index (χ4n) is 1.58. The zero-order valence-electron chi connectivity index (χ0n) is 9.56. The Balaban J connectivity index is 2.16. The molecule has 0 aliphatic carbocycles. The van der Waals surface area contributed by atoms with Crippen molar-refractivity contribution in [3.8, 4) is 5.75 Å². The molecule has 3 nitrogen and oxygen atoms in total. The number of rotatable bonds is 3. The number of hydrogen-bond acceptors (Lipinski definition) is 2. The van der Waals surface area contributed by atoms with Crippen molar-refractivity contribution in [2.75, 3.05) is 5.32 Å². The van der Waals surface area contributed by atoms with E-state index in [1.807, 2.05) is 18.2 Å². The monoisotopic (exact) mass is 261 g/mol. The van der Waals surface area contributed by atoms with Crippen LogP contribution in [0.3, 0.4) is 0 Å². The van der Waals surface area contributed by atoms with Gasteiger partial charge in [0.1, 0.15) is 5.75 Å². The van der Waals surface area contributed by atoms with E-state index in [0.717, 1.165) is 5.56 Å². The molecule has 18 heavy (non-hydrogen) atoms. The topological polar surface area (TPSA) is 49.3 Å². The van der Waals surface area contributed by atoms with Crippen LogP contribution in [0.4, 0.5) is 5.69 Å². The van der Waals surface area contributed by atoms with E-state index in [1.54, 1.807) is 18.2 Å². The molecular formula is C14H12ClNO2. The number of carbonyl (C=O) groups is 1. The van der Waals surface area contributed by atoms with Crippen LogP contribution in [0.25, 0.3) is 0 Å². The van der Waals surface area contributed by atoms with Gasteiger partial charge in [0.2, 0.25) is 0 Å². The van der Waals surface area contributed by atoms with Crippen LogP contribution >= 0.6 is 11.6 Å². The number of carbonyl (C=O) groups excluding carboxylic acids is 1. The number of nitrogens with one attached hydrogen (secondary N) is 1. The van der Waals surface area contributed by atoms with Gasteiger partial charge in [-0.1, -0.05) is 18.2 Å². The first-order chi connectivity index (χ1) is 8.69. The van der Waals surface area contributed by atoms with E-state index >= 15 is 0 Å². The van der Waals surface area contributed by atoms with Crippen molar-refractivity contribution in [3.63, 3.8) is 0 Å². The molecule has 0 bridgehead atoms. The summed E-state index contributed by atoms with van der Waals surface area (Å²) in [5.74, 6) is 0.199. The zero-order valence-corrected chi connectivity index (χ0v) is 10.3. The smallest absolute Gasteiger partial charge is 0.255 e. The SMILES string of the molecule is O=C(Nc1cccc(CCl)c1)c1cccc(O)c1. The minimum Gasteiger partial charge on any atom is -0.508 e. The number of amides is 1. The van der Waals surface area contributed by atoms with Crippen molar-refractivity contribution in [2.45, 2.75) is 5.88 Å². The Morgan fingerprint density at radius 3 is 2.67 bits per heavy atom. The molecule has 2 aromatic rings. The fourth-order valence-corrected chi connectivity index (χ4v) is 1.75. The Labute approximate surface area is 110 Å². The molecule has 0 saturated carbocycles. The van der Waals surface area contributed by atoms with E-state index in [9.17, 15) is 9.90 Å². The quantitative estimate of drug-likeness (QED) is 0.832. The largest absolute Gasteiger partial charge is 0.508 e. The second-order valence-electron chi connectivity index (χ2n) is 3.84. The molecule has 0 spiro atoms. The molecule has 0 aliphatic heterocycles. The first-order valence-corrected chi connectivity index (χ1v) is 5.98. The predicted octanol–water partition coefficient (Wildman–Crippen LogP) is 3.38. The third kappa shape index (κ3) is 3.02. The van der Waals surface area contributed by atoms with Crippen LogP contribution in [0.15, 0.2) is 48.5 Å². The van der Waals surface area contributed by atoms with Crippen LogP contribution in [-0.2, 0) is 5.88 Å². The van der Waals surface area contributed by atoms with Gasteiger partial charge >= 0.3 is 0 Å². The van der Waals surface area contributed by atoms with Crippen LogP contribution < -0.4 is 5.32 Å². The highest BCUT2D eigenvalue weighted by Gasteiger charge is 2.06. The highest BCUT2D eigenvalue weighted by molar-refractivity contribution is 6.17. The number of anilines is 1. The summed E-state index contributed by atoms with van der Waals surface area (Å²) in [6.45, 7) is 0. The fraction of sp³-hybridized carbons (Fsp3) is 0.0714. The molecule has 0 atom stereocenters. The van der Waals surface area contributed by atoms with E-state index in [4.69, 9.17) is 11.6 Å². The van der Waals surface area contributed by atoms with Crippen LogP contribution in [0.1, 0.15) is 15.9 Å². The van der Waals surface area contributed by atoms with E-state index in [-0.39, 0.29) is 11.7 Å². The molecule has 2 N–H and O–H groups in total. The van der Waals surface area contributed by atoms with Gasteiger partial charge < -0.3 is 10.4 Å². The second kappa shape index (κ2) is 5.56. The molecule has 0 radical (unpaired) electrons. The minimum absolute atomic E-state index is 0.0668. The maximum atomic E-state index is 11.9. The molecule has 0 aliphatic rings. The average molecular weight is 262 g/mol. The predicted molar refractivity (Wildman–Crippen MR) is 72.1 cm³/mol. The first-order valence-electron chi connectivity index (χ1n) is 5.44. The maximum absolute atomic E-state index is 11.9. The van der Waals surface area contributed by atoms with Crippen molar-refractivity contribution in [1.29, 1.82) is 0 Å². The molecule has 0 heterocycles. The highest BCUT2D eigenvalue weighted by atomic mass is 35.5. The number of benzene rings is 2. The lowest BCUT2D eigenvalue weighted by Crippen LogP contribution is -2.11. The van der Waals surface area contributed by atoms with Gasteiger partial charge in [0.15, 0.2) is 0 Å². The molecule has 92 valence electrons. The average Bonchev–Trinajstić information content (AvgIpc) is 2.39. The molecule has 2 aromatic carbocycles. The Hall–Kier alpha value is -2.00. The van der Waals surface area contributed by atoms with Crippen molar-refractivity contribution >= 4 is 23.2 Å². The summed E-state index contributed by atoms with van der Waals surface area (Å²) in [5.41, 5.74) is 2.03. The summed E-state index contributed by atoms with van der Waals surface area (Å²) in [4.78, 5) is 11.9. The van der Waals surface area contributed by atoms with Gasteiger partial charge in [0.25, 0.3) is 5.91 Å². The molecule has 0 saturated heterocycles. The highest BCUT2D eigenvalue weighted by Crippen LogP contribution is 2.15. The summed E-state index contributed by atoms with van der Waals surface area (Å²) >= 11 is 5.73. The number of phenols is 1. The number of alkyl halides is 1. The van der Waals surface area contributed by atoms with E-state index < -0.39 is 0 Å². The van der Waals surface area contributed by atoms with E-state index in [2.05, 4.69) is 5.32 Å². The Bertz CT molecular complexity index is 569. The van der Waals surface area contributed by atoms with Gasteiger partial charge in [-0.15, -0.1) is 11.6 Å². The minimum atomic E-state index is -0.266. The van der Waals surface area contributed by atoms with E-state index in [1.165, 1.54) is 12.1 Å². The summed E-state index contributed by atoms with van der Waals surface area (Å²) in [6, 6.07) is 13.5. The van der Waals surface area contributed by atoms with Crippen molar-refractivity contribution in [2.24, 2.45) is 0 Å². The number of halogens is 1. The molecule has 4 heteroatoms. The summed E-state index contributed by atoms with van der Waals surface area (Å²) < 4.78 is 0. The van der Waals surface area contributed by atoms with Crippen molar-refractivity contribution in [3.05, 3.63) is 59.7 Å². The summed E-state index contributed by atoms with van der Waals surface area (Å²) in [7, 11) is 0. The van der Waals surface area contributed by atoms with Gasteiger partial charge in [-0.2, -0.15) is 0 Å². The van der Waals surface area contributed by atoms with Gasteiger partial charge in [-0.05, 0) is 35.9 Å². The Kier molecular flexibility index (Phi) is 3.85. The zero-order chi connectivity index (χ0) is 13.0. The third-order valence-corrected chi connectivity index (χ3v) is 2.76. The lowest BCUT2D eigenvalue weighted by atomic mass is 10.2. The number of hydrogen-bond donors (Lipinski definition) is 2. The molecule has 0 unspecified atom stereocenters. The van der Waals surface area contributed by atoms with Gasteiger partial charge in [0, 0.05) is 17.1 Å². The maximum Gasteiger partial charge on any atom is 0.255 e. The van der Waals surface area contributed by atoms with Crippen LogP contribution in [0, 0.1) is 0 Å². The Morgan fingerprint density at radius 2 is 1.94 bits per heavy atom. The standard InChI is InChI=1S/C14H12ClNO2/c15-9-10-3-1-5-12(7-10)16-14(18)11-4-2-6-13(17)8-11/h1-8,17H,9H2,(H,16,18). The molecule has 2 rings (SSSR count). The summed E-state index contributed by atoms with van der Waals surface area (Å²) in [6.07, 6.45) is 0. The number of aromatic hydroxyl groups is 1. The van der Waals surface area contributed by atoms with Crippen molar-refractivity contribution < 1.29 is 9.90 Å².